The van der Waals surface area contributed by atoms with Crippen LogP contribution in [-0.2, 0) is 10.0 Å². The molecule has 0 spiro atoms. The number of aromatic amines is 1. The molecule has 1 aliphatic heterocycles. The quantitative estimate of drug-likeness (QED) is 0.619. The summed E-state index contributed by atoms with van der Waals surface area (Å²) in [5, 5.41) is 0.909. The fraction of sp³-hybridized carbons (Fsp3) is 0.286. The summed E-state index contributed by atoms with van der Waals surface area (Å²) in [6.07, 6.45) is 2.41. The average Bonchev–Trinajstić information content (AvgIpc) is 3.00. The first-order valence-electron chi connectivity index (χ1n) is 9.64. The van der Waals surface area contributed by atoms with Crippen molar-refractivity contribution in [2.24, 2.45) is 0 Å². The number of hydrogen-bond acceptors (Lipinski definition) is 3. The maximum absolute atomic E-state index is 13.1. The second kappa shape index (κ2) is 8.06. The van der Waals surface area contributed by atoms with Crippen LogP contribution in [0.1, 0.15) is 16.8 Å². The molecule has 4 rings (SSSR count). The van der Waals surface area contributed by atoms with Crippen molar-refractivity contribution in [1.29, 1.82) is 0 Å². The molecule has 1 fully saturated rings. The molecular weight excluding hydrogens is 393 g/mol. The molecule has 1 unspecified atom stereocenters. The third-order valence-electron chi connectivity index (χ3n) is 5.40. The summed E-state index contributed by atoms with van der Waals surface area (Å²) in [7, 11) is -3.66. The summed E-state index contributed by atoms with van der Waals surface area (Å²) >= 11 is 0. The molecule has 2 N–H and O–H groups in total. The van der Waals surface area contributed by atoms with Gasteiger partial charge in [0.2, 0.25) is 15.8 Å². The number of Topliss-reactive ketones (excluding diaryl/α,β-unsaturated/α-hetero) is 1. The lowest BCUT2D eigenvalue weighted by atomic mass is 10.1. The molecule has 1 aliphatic rings. The number of ketones is 1. The van der Waals surface area contributed by atoms with Crippen LogP contribution in [0.2, 0.25) is 0 Å². The van der Waals surface area contributed by atoms with E-state index in [0.717, 1.165) is 34.5 Å². The van der Waals surface area contributed by atoms with E-state index in [1.54, 1.807) is 6.20 Å². The number of H-pyrrole nitrogens is 1. The molecular formula is C21H23FN3O3S+. The second-order valence-electron chi connectivity index (χ2n) is 7.31. The number of nitrogens with zero attached hydrogens (tertiary/aromatic N) is 1. The largest absolute Gasteiger partial charge is 0.360 e. The molecule has 1 aromatic heterocycles. The number of quaternary nitrogens is 1. The minimum absolute atomic E-state index is 0.0484. The third-order valence-corrected chi connectivity index (χ3v) is 7.32. The normalized spacial score (nSPS) is 18.6. The highest BCUT2D eigenvalue weighted by Crippen LogP contribution is 2.18. The molecule has 0 radical (unpaired) electrons. The van der Waals surface area contributed by atoms with E-state index >= 15 is 0 Å². The summed E-state index contributed by atoms with van der Waals surface area (Å²) in [6, 6.07) is 12.6. The lowest BCUT2D eigenvalue weighted by Crippen LogP contribution is -3.13. The van der Waals surface area contributed by atoms with Crippen molar-refractivity contribution in [3.63, 3.8) is 0 Å². The van der Waals surface area contributed by atoms with Crippen LogP contribution in [0.3, 0.4) is 0 Å². The minimum Gasteiger partial charge on any atom is -0.360 e. The van der Waals surface area contributed by atoms with Gasteiger partial charge in [0.25, 0.3) is 0 Å². The van der Waals surface area contributed by atoms with E-state index < -0.39 is 15.8 Å². The van der Waals surface area contributed by atoms with Gasteiger partial charge in [0.05, 0.1) is 24.5 Å². The molecule has 0 aliphatic carbocycles. The minimum atomic E-state index is -3.66. The topological polar surface area (TPSA) is 74.7 Å². The molecule has 2 aromatic carbocycles. The van der Waals surface area contributed by atoms with Crippen LogP contribution in [0.25, 0.3) is 10.9 Å². The number of aromatic nitrogens is 1. The van der Waals surface area contributed by atoms with Gasteiger partial charge in [-0.25, -0.2) is 12.8 Å². The summed E-state index contributed by atoms with van der Waals surface area (Å²) in [5.74, 6) is -0.418. The smallest absolute Gasteiger partial charge is 0.243 e. The van der Waals surface area contributed by atoms with Gasteiger partial charge in [-0.2, -0.15) is 4.31 Å². The standard InChI is InChI=1S/C21H22FN3O3S/c22-16-6-8-17(9-7-16)29(27,28)25-11-3-10-24(12-13-25)15-21(26)19-14-23-20-5-2-1-4-18(19)20/h1-2,4-9,14,23H,3,10-13,15H2/p+1. The van der Waals surface area contributed by atoms with Crippen molar-refractivity contribution in [1.82, 2.24) is 9.29 Å². The third kappa shape index (κ3) is 4.10. The Morgan fingerprint density at radius 3 is 2.62 bits per heavy atom. The van der Waals surface area contributed by atoms with E-state index in [-0.39, 0.29) is 10.7 Å². The van der Waals surface area contributed by atoms with Crippen LogP contribution in [0.4, 0.5) is 4.39 Å². The number of halogens is 1. The van der Waals surface area contributed by atoms with Crippen molar-refractivity contribution in [3.8, 4) is 0 Å². The molecule has 0 saturated carbocycles. The Morgan fingerprint density at radius 2 is 1.83 bits per heavy atom. The Kier molecular flexibility index (Phi) is 5.49. The Hall–Kier alpha value is -2.55. The second-order valence-corrected chi connectivity index (χ2v) is 9.25. The van der Waals surface area contributed by atoms with Crippen LogP contribution >= 0.6 is 0 Å². The summed E-state index contributed by atoms with van der Waals surface area (Å²) < 4.78 is 40.2. The van der Waals surface area contributed by atoms with Gasteiger partial charge in [-0.1, -0.05) is 18.2 Å². The number of fused-ring (bicyclic) bond motifs is 1. The highest BCUT2D eigenvalue weighted by Gasteiger charge is 2.29. The Bertz CT molecular complexity index is 1130. The number of carbonyl (C=O) groups excluding carboxylic acids is 1. The maximum Gasteiger partial charge on any atom is 0.243 e. The van der Waals surface area contributed by atoms with Crippen LogP contribution in [-0.4, -0.2) is 56.2 Å². The van der Waals surface area contributed by atoms with Gasteiger partial charge in [0.15, 0.2) is 0 Å². The first-order chi connectivity index (χ1) is 13.9. The molecule has 29 heavy (non-hydrogen) atoms. The molecule has 8 heteroatoms. The Morgan fingerprint density at radius 1 is 1.07 bits per heavy atom. The zero-order chi connectivity index (χ0) is 20.4. The maximum atomic E-state index is 13.1. The zero-order valence-corrected chi connectivity index (χ0v) is 16.7. The van der Waals surface area contributed by atoms with Gasteiger partial charge in [0, 0.05) is 35.6 Å². The van der Waals surface area contributed by atoms with Gasteiger partial charge < -0.3 is 9.88 Å². The SMILES string of the molecule is O=C(C[NH+]1CCCN(S(=O)(=O)c2ccc(F)cc2)CC1)c1c[nH]c2ccccc12. The van der Waals surface area contributed by atoms with Crippen LogP contribution in [0, 0.1) is 5.82 Å². The van der Waals surface area contributed by atoms with Gasteiger partial charge in [-0.3, -0.25) is 4.79 Å². The number of benzene rings is 2. The first-order valence-corrected chi connectivity index (χ1v) is 11.1. The Balaban J connectivity index is 1.43. The number of rotatable bonds is 5. The molecule has 152 valence electrons. The van der Waals surface area contributed by atoms with Gasteiger partial charge in [-0.15, -0.1) is 0 Å². The Labute approximate surface area is 169 Å². The van der Waals surface area contributed by atoms with E-state index in [1.807, 2.05) is 24.3 Å². The zero-order valence-electron chi connectivity index (χ0n) is 15.9. The predicted molar refractivity (Wildman–Crippen MR) is 108 cm³/mol. The fourth-order valence-electron chi connectivity index (χ4n) is 3.82. The number of carbonyl (C=O) groups is 1. The van der Waals surface area contributed by atoms with E-state index in [9.17, 15) is 17.6 Å². The van der Waals surface area contributed by atoms with Crippen molar-refractivity contribution in [3.05, 3.63) is 66.1 Å². The van der Waals surface area contributed by atoms with Crippen molar-refractivity contribution >= 4 is 26.7 Å². The summed E-state index contributed by atoms with van der Waals surface area (Å²) in [6.45, 7) is 2.32. The van der Waals surface area contributed by atoms with Gasteiger partial charge >= 0.3 is 0 Å². The monoisotopic (exact) mass is 416 g/mol. The van der Waals surface area contributed by atoms with E-state index in [1.165, 1.54) is 16.4 Å². The van der Waals surface area contributed by atoms with Crippen molar-refractivity contribution in [2.45, 2.75) is 11.3 Å². The van der Waals surface area contributed by atoms with E-state index in [2.05, 4.69) is 4.98 Å². The van der Waals surface area contributed by atoms with Crippen molar-refractivity contribution < 1.29 is 22.5 Å². The summed E-state index contributed by atoms with van der Waals surface area (Å²) in [4.78, 5) is 17.1. The number of sulfonamides is 1. The van der Waals surface area contributed by atoms with Crippen molar-refractivity contribution in [2.75, 3.05) is 32.7 Å². The molecule has 6 nitrogen and oxygen atoms in total. The van der Waals surface area contributed by atoms with E-state index in [0.29, 0.717) is 38.2 Å². The molecule has 1 atom stereocenters. The summed E-state index contributed by atoms with van der Waals surface area (Å²) in [5.41, 5.74) is 1.60. The lowest BCUT2D eigenvalue weighted by molar-refractivity contribution is -0.889. The van der Waals surface area contributed by atoms with Gasteiger partial charge in [0.1, 0.15) is 12.4 Å². The highest BCUT2D eigenvalue weighted by molar-refractivity contribution is 7.89. The average molecular weight is 416 g/mol. The molecule has 1 saturated heterocycles. The number of para-hydroxylation sites is 1. The molecule has 0 amide bonds. The van der Waals surface area contributed by atoms with Crippen LogP contribution in [0.5, 0.6) is 0 Å². The molecule has 2 heterocycles. The number of hydrogen-bond donors (Lipinski definition) is 2. The van der Waals surface area contributed by atoms with Gasteiger partial charge in [-0.05, 0) is 30.3 Å². The lowest BCUT2D eigenvalue weighted by Gasteiger charge is -2.19. The highest BCUT2D eigenvalue weighted by atomic mass is 32.2. The van der Waals surface area contributed by atoms with E-state index in [4.69, 9.17) is 0 Å². The fourth-order valence-corrected chi connectivity index (χ4v) is 5.30. The predicted octanol–water partition coefficient (Wildman–Crippen LogP) is 1.47. The molecule has 0 bridgehead atoms. The molecule has 3 aromatic rings. The van der Waals surface area contributed by atoms with Crippen LogP contribution in [0.15, 0.2) is 59.6 Å². The van der Waals surface area contributed by atoms with Crippen LogP contribution < -0.4 is 4.90 Å². The first kappa shape index (κ1) is 19.8. The number of nitrogens with one attached hydrogen (secondary N) is 2.